The molecule has 0 aliphatic rings. The molecule has 2 unspecified atom stereocenters. The molecule has 2 rings (SSSR count). The van der Waals surface area contributed by atoms with Crippen LogP contribution in [0.15, 0.2) is 42.5 Å². The highest BCUT2D eigenvalue weighted by molar-refractivity contribution is 5.67. The van der Waals surface area contributed by atoms with E-state index in [1.165, 1.54) is 13.0 Å². The Morgan fingerprint density at radius 3 is 2.61 bits per heavy atom. The van der Waals surface area contributed by atoms with E-state index in [4.69, 9.17) is 10.5 Å². The summed E-state index contributed by atoms with van der Waals surface area (Å²) in [6.07, 6.45) is -3.17. The van der Waals surface area contributed by atoms with Crippen LogP contribution in [0.1, 0.15) is 29.2 Å². The number of hydrogen-bond donors (Lipinski definition) is 4. The van der Waals surface area contributed by atoms with Crippen molar-refractivity contribution in [2.75, 3.05) is 12.3 Å². The number of hydrogen-bond acceptors (Lipinski definition) is 7. The van der Waals surface area contributed by atoms with Gasteiger partial charge in [0.05, 0.1) is 11.0 Å². The van der Waals surface area contributed by atoms with E-state index < -0.39 is 23.2 Å². The Balaban J connectivity index is 1.84. The Labute approximate surface area is 161 Å². The Kier molecular flexibility index (Phi) is 7.30. The molecular weight excluding hydrogens is 366 g/mol. The third-order valence-corrected chi connectivity index (χ3v) is 4.20. The molecule has 0 fully saturated rings. The van der Waals surface area contributed by atoms with E-state index in [-0.39, 0.29) is 36.5 Å². The summed E-state index contributed by atoms with van der Waals surface area (Å²) in [6, 6.07) is 11.7. The zero-order valence-corrected chi connectivity index (χ0v) is 15.4. The number of ether oxygens (including phenoxy) is 1. The summed E-state index contributed by atoms with van der Waals surface area (Å²) in [7, 11) is 0. The first-order chi connectivity index (χ1) is 13.3. The number of nitro groups is 1. The molecule has 1 amide bonds. The maximum atomic E-state index is 11.7. The number of rotatable bonds is 8. The molecule has 150 valence electrons. The van der Waals surface area contributed by atoms with Gasteiger partial charge in [-0.3, -0.25) is 10.1 Å². The topological polar surface area (TPSA) is 148 Å². The smallest absolute Gasteiger partial charge is 0.407 e. The summed E-state index contributed by atoms with van der Waals surface area (Å²) >= 11 is 0. The van der Waals surface area contributed by atoms with E-state index >= 15 is 0 Å². The second-order valence-corrected chi connectivity index (χ2v) is 6.31. The molecule has 2 atom stereocenters. The lowest BCUT2D eigenvalue weighted by Gasteiger charge is -2.20. The highest BCUT2D eigenvalue weighted by Gasteiger charge is 2.23. The number of amides is 1. The largest absolute Gasteiger partial charge is 0.445 e. The van der Waals surface area contributed by atoms with Gasteiger partial charge in [-0.1, -0.05) is 30.3 Å². The van der Waals surface area contributed by atoms with E-state index in [1.807, 2.05) is 30.3 Å². The average Bonchev–Trinajstić information content (AvgIpc) is 2.67. The Bertz CT molecular complexity index is 828. The van der Waals surface area contributed by atoms with Crippen molar-refractivity contribution in [1.82, 2.24) is 5.32 Å². The van der Waals surface area contributed by atoms with Crippen LogP contribution < -0.4 is 11.1 Å². The maximum Gasteiger partial charge on any atom is 0.407 e. The summed E-state index contributed by atoms with van der Waals surface area (Å²) in [5.74, 6) is 0. The Morgan fingerprint density at radius 2 is 1.96 bits per heavy atom. The van der Waals surface area contributed by atoms with Crippen molar-refractivity contribution in [2.24, 2.45) is 0 Å². The number of nitrogens with one attached hydrogen (secondary N) is 1. The number of anilines is 1. The third-order valence-electron chi connectivity index (χ3n) is 4.20. The van der Waals surface area contributed by atoms with E-state index in [0.29, 0.717) is 5.56 Å². The highest BCUT2D eigenvalue weighted by Crippen LogP contribution is 2.30. The Morgan fingerprint density at radius 1 is 1.29 bits per heavy atom. The quantitative estimate of drug-likeness (QED) is 0.307. The first kappa shape index (κ1) is 21.1. The van der Waals surface area contributed by atoms with Crippen molar-refractivity contribution in [3.05, 3.63) is 69.3 Å². The molecule has 0 saturated heterocycles. The number of nitrogen functional groups attached to an aromatic ring is 1. The molecule has 2 aromatic carbocycles. The summed E-state index contributed by atoms with van der Waals surface area (Å²) in [6.45, 7) is 1.71. The number of aliphatic hydroxyl groups excluding tert-OH is 2. The minimum absolute atomic E-state index is 0.0130. The minimum Gasteiger partial charge on any atom is -0.445 e. The molecule has 0 aliphatic carbocycles. The van der Waals surface area contributed by atoms with E-state index in [1.54, 1.807) is 0 Å². The monoisotopic (exact) mass is 389 g/mol. The SMILES string of the molecule is Cc1cc(C(O)C(O)CCNC(=O)OCc2ccccc2)c(N)cc1[N+](=O)[O-]. The van der Waals surface area contributed by atoms with Gasteiger partial charge in [0.15, 0.2) is 0 Å². The van der Waals surface area contributed by atoms with Crippen molar-refractivity contribution in [3.8, 4) is 0 Å². The van der Waals surface area contributed by atoms with Gasteiger partial charge >= 0.3 is 6.09 Å². The second kappa shape index (κ2) is 9.67. The lowest BCUT2D eigenvalue weighted by molar-refractivity contribution is -0.385. The van der Waals surface area contributed by atoms with E-state index in [2.05, 4.69) is 5.32 Å². The van der Waals surface area contributed by atoms with Crippen LogP contribution in [0.3, 0.4) is 0 Å². The van der Waals surface area contributed by atoms with Crippen molar-refractivity contribution in [2.45, 2.75) is 32.2 Å². The van der Waals surface area contributed by atoms with Crippen LogP contribution in [-0.2, 0) is 11.3 Å². The van der Waals surface area contributed by atoms with Crippen molar-refractivity contribution >= 4 is 17.5 Å². The normalized spacial score (nSPS) is 12.8. The number of alkyl carbamates (subject to hydrolysis) is 1. The first-order valence-electron chi connectivity index (χ1n) is 8.64. The minimum atomic E-state index is -1.35. The molecule has 9 nitrogen and oxygen atoms in total. The van der Waals surface area contributed by atoms with E-state index in [9.17, 15) is 25.1 Å². The van der Waals surface area contributed by atoms with Crippen LogP contribution in [0.4, 0.5) is 16.2 Å². The van der Waals surface area contributed by atoms with Gasteiger partial charge < -0.3 is 26.0 Å². The lowest BCUT2D eigenvalue weighted by atomic mass is 9.98. The fourth-order valence-electron chi connectivity index (χ4n) is 2.65. The molecule has 2 aromatic rings. The van der Waals surface area contributed by atoms with Gasteiger partial charge in [0, 0.05) is 29.4 Å². The third kappa shape index (κ3) is 5.66. The predicted molar refractivity (Wildman–Crippen MR) is 102 cm³/mol. The number of carbonyl (C=O) groups excluding carboxylic acids is 1. The number of aliphatic hydroxyl groups is 2. The molecule has 9 heteroatoms. The van der Waals surface area contributed by atoms with Crippen LogP contribution in [0.25, 0.3) is 0 Å². The molecular formula is C19H23N3O6. The number of aryl methyl sites for hydroxylation is 1. The number of nitrogens with zero attached hydrogens (tertiary/aromatic N) is 1. The average molecular weight is 389 g/mol. The Hall–Kier alpha value is -3.17. The second-order valence-electron chi connectivity index (χ2n) is 6.31. The van der Waals surface area contributed by atoms with Crippen molar-refractivity contribution in [3.63, 3.8) is 0 Å². The summed E-state index contributed by atoms with van der Waals surface area (Å²) in [4.78, 5) is 22.0. The molecule has 0 spiro atoms. The van der Waals surface area contributed by atoms with Crippen LogP contribution >= 0.6 is 0 Å². The molecule has 0 aliphatic heterocycles. The predicted octanol–water partition coefficient (Wildman–Crippen LogP) is 2.20. The standard InChI is InChI=1S/C19H23N3O6/c1-12-9-14(15(20)10-16(12)22(26)27)18(24)17(23)7-8-21-19(25)28-11-13-5-3-2-4-6-13/h2-6,9-10,17-18,23-24H,7-8,11,20H2,1H3,(H,21,25). The number of nitrogens with two attached hydrogens (primary N) is 1. The zero-order chi connectivity index (χ0) is 20.7. The van der Waals surface area contributed by atoms with Gasteiger partial charge in [-0.05, 0) is 25.0 Å². The lowest BCUT2D eigenvalue weighted by Crippen LogP contribution is -2.30. The molecule has 0 bridgehead atoms. The van der Waals surface area contributed by atoms with Gasteiger partial charge in [-0.25, -0.2) is 4.79 Å². The molecule has 0 radical (unpaired) electrons. The summed E-state index contributed by atoms with van der Waals surface area (Å²) < 4.78 is 5.05. The van der Waals surface area contributed by atoms with E-state index in [0.717, 1.165) is 11.6 Å². The van der Waals surface area contributed by atoms with Crippen LogP contribution in [0, 0.1) is 17.0 Å². The van der Waals surface area contributed by atoms with Crippen molar-refractivity contribution in [1.29, 1.82) is 0 Å². The zero-order valence-electron chi connectivity index (χ0n) is 15.4. The maximum absolute atomic E-state index is 11.7. The molecule has 0 saturated carbocycles. The molecule has 0 heterocycles. The van der Waals surface area contributed by atoms with Gasteiger partial charge in [-0.2, -0.15) is 0 Å². The summed E-state index contributed by atoms with van der Waals surface area (Å²) in [5.41, 5.74) is 6.99. The van der Waals surface area contributed by atoms with Gasteiger partial charge in [-0.15, -0.1) is 0 Å². The van der Waals surface area contributed by atoms with Gasteiger partial charge in [0.1, 0.15) is 12.7 Å². The number of nitro benzene ring substituents is 1. The fourth-order valence-corrected chi connectivity index (χ4v) is 2.65. The molecule has 28 heavy (non-hydrogen) atoms. The number of benzene rings is 2. The molecule has 0 aromatic heterocycles. The highest BCUT2D eigenvalue weighted by atomic mass is 16.6. The van der Waals surface area contributed by atoms with Crippen LogP contribution in [0.5, 0.6) is 0 Å². The molecule has 5 N–H and O–H groups in total. The summed E-state index contributed by atoms with van der Waals surface area (Å²) in [5, 5.41) is 33.9. The van der Waals surface area contributed by atoms with Gasteiger partial charge in [0.25, 0.3) is 5.69 Å². The van der Waals surface area contributed by atoms with Crippen LogP contribution in [-0.4, -0.2) is 33.9 Å². The number of carbonyl (C=O) groups is 1. The van der Waals surface area contributed by atoms with Crippen LogP contribution in [0.2, 0.25) is 0 Å². The van der Waals surface area contributed by atoms with Crippen molar-refractivity contribution < 1.29 is 24.7 Å². The fraction of sp³-hybridized carbons (Fsp3) is 0.316. The first-order valence-corrected chi connectivity index (χ1v) is 8.64. The van der Waals surface area contributed by atoms with Gasteiger partial charge in [0.2, 0.25) is 0 Å².